The molecule has 0 spiro atoms. The van der Waals surface area contributed by atoms with E-state index in [-0.39, 0.29) is 0 Å². The maximum atomic E-state index is 11.1. The van der Waals surface area contributed by atoms with E-state index >= 15 is 0 Å². The molecule has 1 saturated heterocycles. The second-order valence-corrected chi connectivity index (χ2v) is 5.74. The van der Waals surface area contributed by atoms with E-state index in [2.05, 4.69) is 16.7 Å². The Morgan fingerprint density at radius 1 is 1.39 bits per heavy atom. The van der Waals surface area contributed by atoms with Gasteiger partial charge in [0.1, 0.15) is 5.54 Å². The molecule has 0 radical (unpaired) electrons. The Bertz CT molecular complexity index is 303. The molecule has 3 N–H and O–H groups in total. The highest BCUT2D eigenvalue weighted by atomic mass is 16.4. The number of hydrogen-bond acceptors (Lipinski definition) is 4. The van der Waals surface area contributed by atoms with Gasteiger partial charge < -0.3 is 15.7 Å². The number of nitrogens with zero attached hydrogens (tertiary/aromatic N) is 2. The summed E-state index contributed by atoms with van der Waals surface area (Å²) in [6.45, 7) is 7.71. The second kappa shape index (κ2) is 5.55. The molecule has 1 saturated carbocycles. The first kappa shape index (κ1) is 13.8. The SMILES string of the molecule is CCCN1CCN(C2CCC(N)(C(=O)O)C2)CC1. The van der Waals surface area contributed by atoms with Crippen molar-refractivity contribution in [2.75, 3.05) is 32.7 Å². The predicted octanol–water partition coefficient (Wildman–Crippen LogP) is 0.349. The summed E-state index contributed by atoms with van der Waals surface area (Å²) < 4.78 is 0. The van der Waals surface area contributed by atoms with Crippen molar-refractivity contribution in [3.05, 3.63) is 0 Å². The minimum absolute atomic E-state index is 0.370. The number of rotatable bonds is 4. The number of hydrogen-bond donors (Lipinski definition) is 2. The number of nitrogens with two attached hydrogens (primary N) is 1. The van der Waals surface area contributed by atoms with E-state index in [1.54, 1.807) is 0 Å². The largest absolute Gasteiger partial charge is 0.480 e. The highest BCUT2D eigenvalue weighted by Gasteiger charge is 2.44. The molecule has 2 unspecified atom stereocenters. The summed E-state index contributed by atoms with van der Waals surface area (Å²) in [5.74, 6) is -0.838. The lowest BCUT2D eigenvalue weighted by molar-refractivity contribution is -0.143. The molecule has 2 rings (SSSR count). The Labute approximate surface area is 109 Å². The number of carboxylic acids is 1. The quantitative estimate of drug-likeness (QED) is 0.758. The summed E-state index contributed by atoms with van der Waals surface area (Å²) in [7, 11) is 0. The molecule has 104 valence electrons. The maximum absolute atomic E-state index is 11.1. The minimum Gasteiger partial charge on any atom is -0.480 e. The Morgan fingerprint density at radius 2 is 2.06 bits per heavy atom. The van der Waals surface area contributed by atoms with Gasteiger partial charge in [0.2, 0.25) is 0 Å². The molecular weight excluding hydrogens is 230 g/mol. The van der Waals surface area contributed by atoms with Crippen LogP contribution in [0.3, 0.4) is 0 Å². The van der Waals surface area contributed by atoms with E-state index in [1.165, 1.54) is 13.0 Å². The van der Waals surface area contributed by atoms with Gasteiger partial charge in [0.25, 0.3) is 0 Å². The first-order chi connectivity index (χ1) is 8.55. The molecule has 2 aliphatic rings. The van der Waals surface area contributed by atoms with E-state index < -0.39 is 11.5 Å². The van der Waals surface area contributed by atoms with E-state index in [1.807, 2.05) is 0 Å². The van der Waals surface area contributed by atoms with Crippen LogP contribution in [0.2, 0.25) is 0 Å². The second-order valence-electron chi connectivity index (χ2n) is 5.74. The van der Waals surface area contributed by atoms with Crippen LogP contribution in [0.25, 0.3) is 0 Å². The molecule has 0 aromatic rings. The summed E-state index contributed by atoms with van der Waals surface area (Å²) in [6.07, 6.45) is 3.35. The van der Waals surface area contributed by atoms with Crippen molar-refractivity contribution in [1.29, 1.82) is 0 Å². The van der Waals surface area contributed by atoms with Crippen LogP contribution in [-0.2, 0) is 4.79 Å². The molecule has 0 aromatic heterocycles. The highest BCUT2D eigenvalue weighted by Crippen LogP contribution is 2.31. The molecule has 1 aliphatic carbocycles. The zero-order valence-corrected chi connectivity index (χ0v) is 11.3. The van der Waals surface area contributed by atoms with Crippen molar-refractivity contribution >= 4 is 5.97 Å². The normalized spacial score (nSPS) is 34.9. The zero-order valence-electron chi connectivity index (χ0n) is 11.3. The van der Waals surface area contributed by atoms with Gasteiger partial charge in [-0.25, -0.2) is 0 Å². The van der Waals surface area contributed by atoms with Crippen LogP contribution in [0.4, 0.5) is 0 Å². The molecule has 5 nitrogen and oxygen atoms in total. The summed E-state index contributed by atoms with van der Waals surface area (Å²) in [6, 6.07) is 0.370. The first-order valence-electron chi connectivity index (χ1n) is 7.04. The molecule has 0 aromatic carbocycles. The van der Waals surface area contributed by atoms with Crippen molar-refractivity contribution in [2.24, 2.45) is 5.73 Å². The predicted molar refractivity (Wildman–Crippen MR) is 70.5 cm³/mol. The Kier molecular flexibility index (Phi) is 4.25. The number of aliphatic carboxylic acids is 1. The van der Waals surface area contributed by atoms with Crippen LogP contribution in [-0.4, -0.2) is 65.2 Å². The minimum atomic E-state index is -0.981. The van der Waals surface area contributed by atoms with Crippen LogP contribution in [0, 0.1) is 0 Å². The van der Waals surface area contributed by atoms with Crippen LogP contribution in [0.1, 0.15) is 32.6 Å². The standard InChI is InChI=1S/C13H25N3O2/c1-2-5-15-6-8-16(9-7-15)11-3-4-13(14,10-11)12(17)18/h11H,2-10,14H2,1H3,(H,17,18). The molecule has 1 heterocycles. The van der Waals surface area contributed by atoms with Crippen LogP contribution >= 0.6 is 0 Å². The first-order valence-corrected chi connectivity index (χ1v) is 7.04. The summed E-state index contributed by atoms with van der Waals surface area (Å²) in [4.78, 5) is 16.1. The average molecular weight is 255 g/mol. The third-order valence-electron chi connectivity index (χ3n) is 4.41. The zero-order chi connectivity index (χ0) is 13.2. The molecule has 0 bridgehead atoms. The van der Waals surface area contributed by atoms with Gasteiger partial charge in [-0.15, -0.1) is 0 Å². The molecule has 2 fully saturated rings. The van der Waals surface area contributed by atoms with E-state index in [4.69, 9.17) is 10.8 Å². The lowest BCUT2D eigenvalue weighted by Gasteiger charge is -2.38. The van der Waals surface area contributed by atoms with Crippen LogP contribution in [0.5, 0.6) is 0 Å². The Hall–Kier alpha value is -0.650. The summed E-state index contributed by atoms with van der Waals surface area (Å²) in [5.41, 5.74) is 4.96. The lowest BCUT2D eigenvalue weighted by atomic mass is 9.99. The van der Waals surface area contributed by atoms with E-state index in [0.29, 0.717) is 18.9 Å². The topological polar surface area (TPSA) is 69.8 Å². The van der Waals surface area contributed by atoms with E-state index in [9.17, 15) is 4.79 Å². The fraction of sp³-hybridized carbons (Fsp3) is 0.923. The fourth-order valence-electron chi connectivity index (χ4n) is 3.22. The van der Waals surface area contributed by atoms with Gasteiger partial charge >= 0.3 is 5.97 Å². The third-order valence-corrected chi connectivity index (χ3v) is 4.41. The Balaban J connectivity index is 1.83. The highest BCUT2D eigenvalue weighted by molar-refractivity contribution is 5.79. The maximum Gasteiger partial charge on any atom is 0.323 e. The van der Waals surface area contributed by atoms with E-state index in [0.717, 1.165) is 32.6 Å². The van der Waals surface area contributed by atoms with Gasteiger partial charge in [-0.3, -0.25) is 9.69 Å². The Morgan fingerprint density at radius 3 is 2.56 bits per heavy atom. The number of piperazine rings is 1. The van der Waals surface area contributed by atoms with Crippen LogP contribution < -0.4 is 5.73 Å². The molecular formula is C13H25N3O2. The van der Waals surface area contributed by atoms with Gasteiger partial charge in [0.15, 0.2) is 0 Å². The van der Waals surface area contributed by atoms with Crippen molar-refractivity contribution in [3.63, 3.8) is 0 Å². The fourth-order valence-corrected chi connectivity index (χ4v) is 3.22. The summed E-state index contributed by atoms with van der Waals surface area (Å²) >= 11 is 0. The third kappa shape index (κ3) is 2.84. The van der Waals surface area contributed by atoms with Gasteiger partial charge in [0, 0.05) is 32.2 Å². The smallest absolute Gasteiger partial charge is 0.323 e. The van der Waals surface area contributed by atoms with Gasteiger partial charge in [-0.2, -0.15) is 0 Å². The van der Waals surface area contributed by atoms with Crippen molar-refractivity contribution in [1.82, 2.24) is 9.80 Å². The lowest BCUT2D eigenvalue weighted by Crippen LogP contribution is -2.52. The van der Waals surface area contributed by atoms with Gasteiger partial charge in [-0.05, 0) is 32.2 Å². The summed E-state index contributed by atoms with van der Waals surface area (Å²) in [5, 5.41) is 9.15. The van der Waals surface area contributed by atoms with Crippen molar-refractivity contribution < 1.29 is 9.90 Å². The molecule has 2 atom stereocenters. The van der Waals surface area contributed by atoms with Gasteiger partial charge in [0.05, 0.1) is 0 Å². The number of carbonyl (C=O) groups is 1. The molecule has 5 heteroatoms. The molecule has 18 heavy (non-hydrogen) atoms. The van der Waals surface area contributed by atoms with Crippen molar-refractivity contribution in [3.8, 4) is 0 Å². The van der Waals surface area contributed by atoms with Gasteiger partial charge in [-0.1, -0.05) is 6.92 Å². The van der Waals surface area contributed by atoms with Crippen LogP contribution in [0.15, 0.2) is 0 Å². The molecule has 1 aliphatic heterocycles. The monoisotopic (exact) mass is 255 g/mol. The average Bonchev–Trinajstić information content (AvgIpc) is 2.75. The molecule has 0 amide bonds. The number of carboxylic acid groups (broad SMARTS) is 1. The van der Waals surface area contributed by atoms with Crippen molar-refractivity contribution in [2.45, 2.75) is 44.2 Å².